The number of alkyl halides is 1. The highest BCUT2D eigenvalue weighted by Gasteiger charge is 2.49. The van der Waals surface area contributed by atoms with Crippen molar-refractivity contribution in [2.45, 2.75) is 66.9 Å². The van der Waals surface area contributed by atoms with Crippen LogP contribution in [-0.4, -0.2) is 117 Å². The molecule has 11 nitrogen and oxygen atoms in total. The van der Waals surface area contributed by atoms with Gasteiger partial charge in [0.15, 0.2) is 0 Å². The first-order valence-electron chi connectivity index (χ1n) is 12.1. The van der Waals surface area contributed by atoms with Crippen LogP contribution in [0.3, 0.4) is 0 Å². The molecular weight excluding hydrogens is 510 g/mol. The lowest BCUT2D eigenvalue weighted by Gasteiger charge is -2.44. The molecule has 1 aromatic heterocycles. The Hall–Kier alpha value is -1.22. The van der Waals surface area contributed by atoms with Crippen molar-refractivity contribution < 1.29 is 29.6 Å². The van der Waals surface area contributed by atoms with Gasteiger partial charge in [-0.25, -0.2) is 4.98 Å². The number of aromatic nitrogens is 1. The van der Waals surface area contributed by atoms with Gasteiger partial charge in [0, 0.05) is 38.3 Å². The van der Waals surface area contributed by atoms with E-state index in [0.717, 1.165) is 18.7 Å². The fourth-order valence-corrected chi connectivity index (χ4v) is 6.12. The van der Waals surface area contributed by atoms with E-state index in [4.69, 9.17) is 26.8 Å². The predicted molar refractivity (Wildman–Crippen MR) is 136 cm³/mol. The summed E-state index contributed by atoms with van der Waals surface area (Å²) in [5.74, 6) is 0.271. The number of fused-ring (bicyclic) bond motifs is 1. The average Bonchev–Trinajstić information content (AvgIpc) is 3.13. The average molecular weight is 546 g/mol. The number of carbonyl (C=O) groups excluding carboxylic acids is 1. The van der Waals surface area contributed by atoms with Gasteiger partial charge in [0.2, 0.25) is 5.91 Å². The molecule has 0 aromatic carbocycles. The summed E-state index contributed by atoms with van der Waals surface area (Å²) >= 11 is 7.62. The van der Waals surface area contributed by atoms with Crippen LogP contribution in [0.5, 0.6) is 0 Å². The lowest BCUT2D eigenvalue weighted by atomic mass is 9.92. The minimum Gasteiger partial charge on any atom is -0.388 e. The van der Waals surface area contributed by atoms with Crippen molar-refractivity contribution in [2.24, 2.45) is 5.92 Å². The number of ether oxygens (including phenoxy) is 2. The number of rotatable bonds is 7. The van der Waals surface area contributed by atoms with E-state index in [0.29, 0.717) is 25.5 Å². The van der Waals surface area contributed by atoms with Crippen molar-refractivity contribution in [1.29, 1.82) is 0 Å². The van der Waals surface area contributed by atoms with Crippen molar-refractivity contribution in [3.63, 3.8) is 0 Å². The van der Waals surface area contributed by atoms with Crippen LogP contribution in [0.1, 0.15) is 12.5 Å². The number of nitrogen functional groups attached to an aromatic ring is 1. The van der Waals surface area contributed by atoms with Crippen LogP contribution < -0.4 is 16.4 Å². The number of hydrogen-bond acceptors (Lipinski definition) is 11. The SMILES string of the molecule is CSC1O[C@H]([C@H](NC(=O)[C@H]2NC[C@@H]3CN(Cc4ccnc(N)c4)CCO[C@H]32)[C@H](C)Cl)C(O)C(O)[C@H]1O. The molecule has 0 spiro atoms. The molecule has 3 aliphatic heterocycles. The highest BCUT2D eigenvalue weighted by Crippen LogP contribution is 2.31. The maximum Gasteiger partial charge on any atom is 0.240 e. The second-order valence-corrected chi connectivity index (χ2v) is 11.3. The van der Waals surface area contributed by atoms with E-state index in [2.05, 4.69) is 20.5 Å². The third-order valence-corrected chi connectivity index (χ3v) is 8.26. The fraction of sp³-hybridized carbons (Fsp3) is 0.739. The molecule has 1 aromatic rings. The second-order valence-electron chi connectivity index (χ2n) is 9.69. The van der Waals surface area contributed by atoms with E-state index < -0.39 is 47.3 Å². The Labute approximate surface area is 220 Å². The molecule has 202 valence electrons. The molecule has 13 heteroatoms. The van der Waals surface area contributed by atoms with Crippen molar-refractivity contribution in [3.8, 4) is 0 Å². The highest BCUT2D eigenvalue weighted by atomic mass is 35.5. The minimum atomic E-state index is -1.42. The number of aliphatic hydroxyl groups is 3. The van der Waals surface area contributed by atoms with E-state index in [1.807, 2.05) is 12.1 Å². The van der Waals surface area contributed by atoms with E-state index in [-0.39, 0.29) is 17.9 Å². The van der Waals surface area contributed by atoms with Crippen LogP contribution in [0.4, 0.5) is 5.82 Å². The smallest absolute Gasteiger partial charge is 0.240 e. The minimum absolute atomic E-state index is 0.101. The second kappa shape index (κ2) is 12.1. The van der Waals surface area contributed by atoms with Gasteiger partial charge in [-0.2, -0.15) is 0 Å². The van der Waals surface area contributed by atoms with Gasteiger partial charge in [0.05, 0.1) is 24.1 Å². The first kappa shape index (κ1) is 27.8. The molecule has 3 saturated heterocycles. The van der Waals surface area contributed by atoms with Gasteiger partial charge < -0.3 is 41.2 Å². The fourth-order valence-electron chi connectivity index (χ4n) is 5.24. The van der Waals surface area contributed by atoms with Gasteiger partial charge in [-0.15, -0.1) is 23.4 Å². The van der Waals surface area contributed by atoms with Crippen LogP contribution in [-0.2, 0) is 20.8 Å². The molecule has 0 saturated carbocycles. The van der Waals surface area contributed by atoms with Gasteiger partial charge >= 0.3 is 0 Å². The lowest BCUT2D eigenvalue weighted by Crippen LogP contribution is -2.65. The molecule has 10 atom stereocenters. The molecule has 3 unspecified atom stereocenters. The summed E-state index contributed by atoms with van der Waals surface area (Å²) in [6, 6.07) is 2.40. The zero-order valence-corrected chi connectivity index (χ0v) is 21.9. The number of halogens is 1. The number of hydrogen-bond donors (Lipinski definition) is 6. The number of pyridine rings is 1. The molecular formula is C23H36ClN5O6S. The lowest BCUT2D eigenvalue weighted by molar-refractivity contribution is -0.205. The Balaban J connectivity index is 1.40. The van der Waals surface area contributed by atoms with Crippen LogP contribution >= 0.6 is 23.4 Å². The van der Waals surface area contributed by atoms with Gasteiger partial charge in [-0.1, -0.05) is 0 Å². The summed E-state index contributed by atoms with van der Waals surface area (Å²) in [6.45, 7) is 4.97. The highest BCUT2D eigenvalue weighted by molar-refractivity contribution is 7.99. The van der Waals surface area contributed by atoms with Crippen LogP contribution in [0.2, 0.25) is 0 Å². The summed E-state index contributed by atoms with van der Waals surface area (Å²) in [6.07, 6.45) is -1.98. The number of anilines is 1. The summed E-state index contributed by atoms with van der Waals surface area (Å²) in [5.41, 5.74) is 6.13. The Morgan fingerprint density at radius 3 is 2.86 bits per heavy atom. The largest absolute Gasteiger partial charge is 0.388 e. The normalized spacial score (nSPS) is 37.1. The molecule has 4 rings (SSSR count). The van der Waals surface area contributed by atoms with Crippen molar-refractivity contribution in [3.05, 3.63) is 23.9 Å². The third-order valence-electron chi connectivity index (χ3n) is 7.13. The van der Waals surface area contributed by atoms with Gasteiger partial charge in [-0.05, 0) is 30.9 Å². The standard InChI is InChI=1S/C23H36ClN5O6S/c1-11(24)15(21-18(31)17(30)19(32)23(35-21)36-2)28-22(33)16-20-13(8-27-16)10-29(5-6-34-20)9-12-3-4-26-14(25)7-12/h3-4,7,11,13,15-21,23,27,30-32H,5-6,8-10H2,1-2H3,(H2,25,26)(H,28,33)/t11-,13+,15+,16-,17?,18?,19+,20+,21+,23?/m0/s1. The number of nitrogens with one attached hydrogen (secondary N) is 2. The molecule has 3 fully saturated rings. The van der Waals surface area contributed by atoms with E-state index in [1.165, 1.54) is 11.8 Å². The molecule has 0 aliphatic carbocycles. The summed E-state index contributed by atoms with van der Waals surface area (Å²) in [4.78, 5) is 19.7. The summed E-state index contributed by atoms with van der Waals surface area (Å²) in [7, 11) is 0. The van der Waals surface area contributed by atoms with Crippen LogP contribution in [0.15, 0.2) is 18.3 Å². The number of nitrogens with zero attached hydrogens (tertiary/aromatic N) is 2. The zero-order valence-electron chi connectivity index (χ0n) is 20.4. The molecule has 0 bridgehead atoms. The van der Waals surface area contributed by atoms with E-state index in [9.17, 15) is 20.1 Å². The molecule has 36 heavy (non-hydrogen) atoms. The summed E-state index contributed by atoms with van der Waals surface area (Å²) in [5, 5.41) is 36.7. The molecule has 3 aliphatic rings. The molecule has 1 amide bonds. The third kappa shape index (κ3) is 6.08. The number of aliphatic hydroxyl groups excluding tert-OH is 3. The van der Waals surface area contributed by atoms with Crippen molar-refractivity contribution in [1.82, 2.24) is 20.5 Å². The topological polar surface area (TPSA) is 162 Å². The van der Waals surface area contributed by atoms with Crippen molar-refractivity contribution in [2.75, 3.05) is 38.2 Å². The van der Waals surface area contributed by atoms with Crippen LogP contribution in [0.25, 0.3) is 0 Å². The number of nitrogens with two attached hydrogens (primary N) is 1. The molecule has 0 radical (unpaired) electrons. The monoisotopic (exact) mass is 545 g/mol. The Bertz CT molecular complexity index is 900. The molecule has 4 heterocycles. The van der Waals surface area contributed by atoms with Gasteiger partial charge in [-0.3, -0.25) is 9.69 Å². The summed E-state index contributed by atoms with van der Waals surface area (Å²) < 4.78 is 12.0. The van der Waals surface area contributed by atoms with Gasteiger partial charge in [0.25, 0.3) is 0 Å². The number of thioether (sulfide) groups is 1. The maximum atomic E-state index is 13.4. The molecule has 7 N–H and O–H groups in total. The Morgan fingerprint density at radius 1 is 1.39 bits per heavy atom. The van der Waals surface area contributed by atoms with E-state index in [1.54, 1.807) is 19.4 Å². The maximum absolute atomic E-state index is 13.4. The van der Waals surface area contributed by atoms with Gasteiger partial charge in [0.1, 0.15) is 41.7 Å². The predicted octanol–water partition coefficient (Wildman–Crippen LogP) is -1.26. The van der Waals surface area contributed by atoms with E-state index >= 15 is 0 Å². The first-order chi connectivity index (χ1) is 17.2. The Morgan fingerprint density at radius 2 is 2.17 bits per heavy atom. The quantitative estimate of drug-likeness (QED) is 0.227. The van der Waals surface area contributed by atoms with Crippen LogP contribution in [0, 0.1) is 5.92 Å². The Kier molecular flexibility index (Phi) is 9.34. The first-order valence-corrected chi connectivity index (χ1v) is 13.9. The van der Waals surface area contributed by atoms with Crippen molar-refractivity contribution >= 4 is 35.1 Å². The zero-order chi connectivity index (χ0) is 26.0. The number of carbonyl (C=O) groups is 1. The number of amides is 1.